The lowest BCUT2D eigenvalue weighted by atomic mass is 10.2. The summed E-state index contributed by atoms with van der Waals surface area (Å²) in [4.78, 5) is 15.4. The maximum absolute atomic E-state index is 12.3. The summed E-state index contributed by atoms with van der Waals surface area (Å²) in [7, 11) is 0. The highest BCUT2D eigenvalue weighted by Gasteiger charge is 2.13. The molecule has 0 aliphatic rings. The number of anilines is 1. The lowest BCUT2D eigenvalue weighted by Crippen LogP contribution is -2.10. The van der Waals surface area contributed by atoms with Crippen LogP contribution in [0.1, 0.15) is 27.0 Å². The van der Waals surface area contributed by atoms with Crippen molar-refractivity contribution in [1.82, 2.24) is 0 Å². The van der Waals surface area contributed by atoms with E-state index in [4.69, 9.17) is 0 Å². The normalized spacial score (nSPS) is 10.5. The van der Waals surface area contributed by atoms with E-state index in [1.54, 1.807) is 23.1 Å². The van der Waals surface area contributed by atoms with E-state index in [0.717, 1.165) is 21.9 Å². The third-order valence-corrected chi connectivity index (χ3v) is 5.10. The van der Waals surface area contributed by atoms with E-state index < -0.39 is 0 Å². The van der Waals surface area contributed by atoms with E-state index in [-0.39, 0.29) is 5.91 Å². The Labute approximate surface area is 122 Å². The number of hydrogen-bond donors (Lipinski definition) is 1. The van der Waals surface area contributed by atoms with Crippen molar-refractivity contribution in [3.63, 3.8) is 0 Å². The summed E-state index contributed by atoms with van der Waals surface area (Å²) < 4.78 is 0. The molecule has 100 valence electrons. The van der Waals surface area contributed by atoms with Crippen LogP contribution in [-0.4, -0.2) is 12.2 Å². The highest BCUT2D eigenvalue weighted by molar-refractivity contribution is 7.98. The number of amides is 1. The number of thiophene rings is 1. The Morgan fingerprint density at radius 1 is 1.37 bits per heavy atom. The van der Waals surface area contributed by atoms with Crippen molar-refractivity contribution in [2.24, 2.45) is 0 Å². The van der Waals surface area contributed by atoms with Crippen molar-refractivity contribution in [3.05, 3.63) is 45.6 Å². The number of nitrogens with one attached hydrogen (secondary N) is 1. The monoisotopic (exact) mass is 291 g/mol. The zero-order valence-electron chi connectivity index (χ0n) is 11.3. The Bertz CT molecular complexity index is 590. The molecule has 0 atom stereocenters. The molecular weight excluding hydrogens is 274 g/mol. The number of benzene rings is 1. The van der Waals surface area contributed by atoms with Gasteiger partial charge in [-0.2, -0.15) is 0 Å². The first-order valence-electron chi connectivity index (χ1n) is 6.19. The van der Waals surface area contributed by atoms with Gasteiger partial charge in [0.05, 0.1) is 10.6 Å². The zero-order valence-corrected chi connectivity index (χ0v) is 13.0. The van der Waals surface area contributed by atoms with Crippen LogP contribution in [0.5, 0.6) is 0 Å². The quantitative estimate of drug-likeness (QED) is 0.835. The molecule has 0 spiro atoms. The van der Waals surface area contributed by atoms with Crippen LogP contribution in [0.4, 0.5) is 5.69 Å². The molecule has 1 heterocycles. The molecule has 2 nitrogen and oxygen atoms in total. The van der Waals surface area contributed by atoms with E-state index in [0.29, 0.717) is 0 Å². The van der Waals surface area contributed by atoms with Gasteiger partial charge >= 0.3 is 0 Å². The van der Waals surface area contributed by atoms with E-state index in [2.05, 4.69) is 19.2 Å². The maximum atomic E-state index is 12.3. The fourth-order valence-electron chi connectivity index (χ4n) is 1.91. The SMILES string of the molecule is CCc1sc(C(=O)Nc2ccccc2SC)cc1C. The van der Waals surface area contributed by atoms with E-state index in [9.17, 15) is 4.79 Å². The van der Waals surface area contributed by atoms with Gasteiger partial charge in [0.25, 0.3) is 5.91 Å². The number of para-hydroxylation sites is 1. The highest BCUT2D eigenvalue weighted by Crippen LogP contribution is 2.27. The summed E-state index contributed by atoms with van der Waals surface area (Å²) in [5.41, 5.74) is 2.08. The minimum atomic E-state index is -0.0192. The molecule has 0 saturated heterocycles. The van der Waals surface area contributed by atoms with Crippen molar-refractivity contribution in [2.75, 3.05) is 11.6 Å². The molecule has 2 rings (SSSR count). The molecule has 1 N–H and O–H groups in total. The highest BCUT2D eigenvalue weighted by atomic mass is 32.2. The van der Waals surface area contributed by atoms with Crippen LogP contribution >= 0.6 is 23.1 Å². The molecule has 0 aliphatic carbocycles. The molecule has 4 heteroatoms. The van der Waals surface area contributed by atoms with E-state index in [1.165, 1.54) is 10.4 Å². The number of aryl methyl sites for hydroxylation is 2. The lowest BCUT2D eigenvalue weighted by molar-refractivity contribution is 0.103. The molecule has 19 heavy (non-hydrogen) atoms. The molecule has 2 aromatic rings. The predicted molar refractivity (Wildman–Crippen MR) is 84.6 cm³/mol. The predicted octanol–water partition coefficient (Wildman–Crippen LogP) is 4.59. The topological polar surface area (TPSA) is 29.1 Å². The fourth-order valence-corrected chi connectivity index (χ4v) is 3.48. The summed E-state index contributed by atoms with van der Waals surface area (Å²) >= 11 is 3.22. The third kappa shape index (κ3) is 3.19. The van der Waals surface area contributed by atoms with Gasteiger partial charge in [0, 0.05) is 9.77 Å². The van der Waals surface area contributed by atoms with Gasteiger partial charge in [0.1, 0.15) is 0 Å². The first-order chi connectivity index (χ1) is 9.15. The van der Waals surface area contributed by atoms with Gasteiger partial charge in [0.2, 0.25) is 0 Å². The van der Waals surface area contributed by atoms with Crippen molar-refractivity contribution >= 4 is 34.7 Å². The Morgan fingerprint density at radius 2 is 2.11 bits per heavy atom. The smallest absolute Gasteiger partial charge is 0.265 e. The van der Waals surface area contributed by atoms with Crippen molar-refractivity contribution in [1.29, 1.82) is 0 Å². The largest absolute Gasteiger partial charge is 0.320 e. The van der Waals surface area contributed by atoms with Gasteiger partial charge in [-0.15, -0.1) is 23.1 Å². The van der Waals surface area contributed by atoms with Gasteiger partial charge in [-0.05, 0) is 43.4 Å². The van der Waals surface area contributed by atoms with Gasteiger partial charge in [-0.25, -0.2) is 0 Å². The van der Waals surface area contributed by atoms with Crippen LogP contribution in [0.3, 0.4) is 0 Å². The van der Waals surface area contributed by atoms with Gasteiger partial charge in [0.15, 0.2) is 0 Å². The first-order valence-corrected chi connectivity index (χ1v) is 8.23. The van der Waals surface area contributed by atoms with Crippen LogP contribution in [0.15, 0.2) is 35.2 Å². The average molecular weight is 291 g/mol. The number of carbonyl (C=O) groups excluding carboxylic acids is 1. The number of hydrogen-bond acceptors (Lipinski definition) is 3. The Morgan fingerprint density at radius 3 is 2.74 bits per heavy atom. The van der Waals surface area contributed by atoms with Crippen molar-refractivity contribution < 1.29 is 4.79 Å². The second kappa shape index (κ2) is 6.26. The summed E-state index contributed by atoms with van der Waals surface area (Å²) in [6.45, 7) is 4.17. The average Bonchev–Trinajstić information content (AvgIpc) is 2.80. The summed E-state index contributed by atoms with van der Waals surface area (Å²) in [5, 5.41) is 2.99. The minimum absolute atomic E-state index is 0.0192. The standard InChI is InChI=1S/C15H17NOS2/c1-4-12-10(2)9-14(19-12)15(17)16-11-7-5-6-8-13(11)18-3/h5-9H,4H2,1-3H3,(H,16,17). The fraction of sp³-hybridized carbons (Fsp3) is 0.267. The number of rotatable bonds is 4. The molecule has 0 unspecified atom stereocenters. The number of carbonyl (C=O) groups is 1. The molecule has 1 amide bonds. The second-order valence-electron chi connectivity index (χ2n) is 4.22. The van der Waals surface area contributed by atoms with Gasteiger partial charge < -0.3 is 5.32 Å². The molecule has 0 radical (unpaired) electrons. The first kappa shape index (κ1) is 14.2. The summed E-state index contributed by atoms with van der Waals surface area (Å²) in [6, 6.07) is 9.83. The molecule has 1 aromatic heterocycles. The van der Waals surface area contributed by atoms with Crippen molar-refractivity contribution in [3.8, 4) is 0 Å². The minimum Gasteiger partial charge on any atom is -0.320 e. The molecule has 0 saturated carbocycles. The maximum Gasteiger partial charge on any atom is 0.265 e. The molecule has 1 aromatic carbocycles. The Kier molecular flexibility index (Phi) is 4.66. The van der Waals surface area contributed by atoms with Crippen LogP contribution in [-0.2, 0) is 6.42 Å². The Balaban J connectivity index is 2.20. The van der Waals surface area contributed by atoms with Crippen LogP contribution in [0.25, 0.3) is 0 Å². The summed E-state index contributed by atoms with van der Waals surface area (Å²) in [6.07, 6.45) is 2.99. The second-order valence-corrected chi connectivity index (χ2v) is 6.21. The van der Waals surface area contributed by atoms with Crippen LogP contribution < -0.4 is 5.32 Å². The number of thioether (sulfide) groups is 1. The molecular formula is C15H17NOS2. The Hall–Kier alpha value is -1.26. The van der Waals surface area contributed by atoms with Gasteiger partial charge in [-0.3, -0.25) is 4.79 Å². The third-order valence-electron chi connectivity index (χ3n) is 2.92. The van der Waals surface area contributed by atoms with Crippen LogP contribution in [0.2, 0.25) is 0 Å². The molecule has 0 aliphatic heterocycles. The van der Waals surface area contributed by atoms with E-state index in [1.807, 2.05) is 36.6 Å². The summed E-state index contributed by atoms with van der Waals surface area (Å²) in [5.74, 6) is -0.0192. The van der Waals surface area contributed by atoms with Crippen LogP contribution in [0, 0.1) is 6.92 Å². The van der Waals surface area contributed by atoms with Gasteiger partial charge in [-0.1, -0.05) is 19.1 Å². The molecule has 0 fully saturated rings. The van der Waals surface area contributed by atoms with Crippen molar-refractivity contribution in [2.45, 2.75) is 25.2 Å². The lowest BCUT2D eigenvalue weighted by Gasteiger charge is -2.07. The van der Waals surface area contributed by atoms with E-state index >= 15 is 0 Å². The molecule has 0 bridgehead atoms. The zero-order chi connectivity index (χ0) is 13.8.